The Kier molecular flexibility index (Phi) is 5.27. The number of aliphatic hydroxyl groups is 2. The van der Waals surface area contributed by atoms with Gasteiger partial charge in [0.05, 0.1) is 11.7 Å². The lowest BCUT2D eigenvalue weighted by molar-refractivity contribution is -0.0502. The van der Waals surface area contributed by atoms with Crippen LogP contribution in [-0.4, -0.2) is 39.4 Å². The highest BCUT2D eigenvalue weighted by atomic mass is 19.1. The van der Waals surface area contributed by atoms with Crippen LogP contribution in [0.3, 0.4) is 0 Å². The standard InChI is InChI=1S/C20H23F2NO3/c1-13(18(24)14-11-16(21)19(25)17(22)12-14)23-9-7-20(26,8-10-23)15-5-3-2-4-6-15/h2-6,11-13,18,24-26H,7-10H2,1H3/t13-,18+/m1/s1. The molecule has 0 saturated carbocycles. The van der Waals surface area contributed by atoms with E-state index in [9.17, 15) is 24.1 Å². The molecule has 6 heteroatoms. The molecule has 2 aromatic carbocycles. The van der Waals surface area contributed by atoms with E-state index in [1.54, 1.807) is 6.92 Å². The smallest absolute Gasteiger partial charge is 0.187 e. The number of hydrogen-bond acceptors (Lipinski definition) is 4. The summed E-state index contributed by atoms with van der Waals surface area (Å²) < 4.78 is 27.1. The summed E-state index contributed by atoms with van der Waals surface area (Å²) >= 11 is 0. The second-order valence-electron chi connectivity index (χ2n) is 6.95. The molecule has 4 nitrogen and oxygen atoms in total. The van der Waals surface area contributed by atoms with Crippen molar-refractivity contribution < 1.29 is 24.1 Å². The lowest BCUT2D eigenvalue weighted by Gasteiger charge is -2.42. The maximum Gasteiger partial charge on any atom is 0.187 e. The summed E-state index contributed by atoms with van der Waals surface area (Å²) in [5, 5.41) is 30.6. The van der Waals surface area contributed by atoms with Crippen molar-refractivity contribution in [3.63, 3.8) is 0 Å². The van der Waals surface area contributed by atoms with E-state index in [2.05, 4.69) is 0 Å². The number of hydrogen-bond donors (Lipinski definition) is 3. The Hall–Kier alpha value is -2.02. The average Bonchev–Trinajstić information content (AvgIpc) is 2.66. The third-order valence-corrected chi connectivity index (χ3v) is 5.35. The highest BCUT2D eigenvalue weighted by Gasteiger charge is 2.36. The first-order chi connectivity index (χ1) is 12.3. The van der Waals surface area contributed by atoms with Crippen molar-refractivity contribution in [1.29, 1.82) is 0 Å². The lowest BCUT2D eigenvalue weighted by Crippen LogP contribution is -2.47. The van der Waals surface area contributed by atoms with E-state index in [1.165, 1.54) is 0 Å². The second kappa shape index (κ2) is 7.31. The summed E-state index contributed by atoms with van der Waals surface area (Å²) in [6.07, 6.45) is -0.0961. The van der Waals surface area contributed by atoms with Crippen molar-refractivity contribution in [3.05, 3.63) is 65.2 Å². The monoisotopic (exact) mass is 363 g/mol. The van der Waals surface area contributed by atoms with Crippen LogP contribution in [0.2, 0.25) is 0 Å². The molecule has 2 aromatic rings. The number of halogens is 2. The first-order valence-corrected chi connectivity index (χ1v) is 8.70. The number of benzene rings is 2. The summed E-state index contributed by atoms with van der Waals surface area (Å²) in [6, 6.07) is 11.0. The molecule has 1 aliphatic heterocycles. The molecule has 1 heterocycles. The summed E-state index contributed by atoms with van der Waals surface area (Å²) in [7, 11) is 0. The molecule has 0 unspecified atom stereocenters. The van der Waals surface area contributed by atoms with Crippen molar-refractivity contribution in [1.82, 2.24) is 4.90 Å². The predicted octanol–water partition coefficient (Wildman–Crippen LogP) is 3.08. The number of rotatable bonds is 4. The Morgan fingerprint density at radius 2 is 1.58 bits per heavy atom. The zero-order valence-corrected chi connectivity index (χ0v) is 14.6. The van der Waals surface area contributed by atoms with E-state index in [0.717, 1.165) is 17.7 Å². The van der Waals surface area contributed by atoms with E-state index in [1.807, 2.05) is 35.2 Å². The minimum atomic E-state index is -1.11. The van der Waals surface area contributed by atoms with Crippen LogP contribution in [-0.2, 0) is 5.60 Å². The Balaban J connectivity index is 1.69. The van der Waals surface area contributed by atoms with Gasteiger partial charge in [-0.2, -0.15) is 0 Å². The van der Waals surface area contributed by atoms with Crippen LogP contribution in [0.4, 0.5) is 8.78 Å². The maximum atomic E-state index is 13.5. The van der Waals surface area contributed by atoms with Gasteiger partial charge in [-0.3, -0.25) is 4.90 Å². The van der Waals surface area contributed by atoms with Gasteiger partial charge in [0.1, 0.15) is 0 Å². The fourth-order valence-electron chi connectivity index (χ4n) is 3.57. The van der Waals surface area contributed by atoms with E-state index >= 15 is 0 Å². The van der Waals surface area contributed by atoms with Gasteiger partial charge in [-0.05, 0) is 43.0 Å². The Labute approximate surface area is 151 Å². The summed E-state index contributed by atoms with van der Waals surface area (Å²) in [5.41, 5.74) is 0.0452. The molecule has 1 aliphatic rings. The molecule has 26 heavy (non-hydrogen) atoms. The second-order valence-corrected chi connectivity index (χ2v) is 6.95. The topological polar surface area (TPSA) is 63.9 Å². The predicted molar refractivity (Wildman–Crippen MR) is 93.6 cm³/mol. The maximum absolute atomic E-state index is 13.5. The van der Waals surface area contributed by atoms with Crippen LogP contribution < -0.4 is 0 Å². The minimum absolute atomic E-state index is 0.0780. The van der Waals surface area contributed by atoms with Gasteiger partial charge in [-0.15, -0.1) is 0 Å². The lowest BCUT2D eigenvalue weighted by atomic mass is 9.83. The fraction of sp³-hybridized carbons (Fsp3) is 0.400. The summed E-state index contributed by atoms with van der Waals surface area (Å²) in [6.45, 7) is 2.87. The Morgan fingerprint density at radius 1 is 1.04 bits per heavy atom. The van der Waals surface area contributed by atoms with Gasteiger partial charge in [-0.25, -0.2) is 8.78 Å². The fourth-order valence-corrected chi connectivity index (χ4v) is 3.57. The molecular formula is C20H23F2NO3. The SMILES string of the molecule is C[C@H]([C@H](O)c1cc(F)c(O)c(F)c1)N1CCC(O)(c2ccccc2)CC1. The number of nitrogens with zero attached hydrogens (tertiary/aromatic N) is 1. The first-order valence-electron chi connectivity index (χ1n) is 8.70. The Bertz CT molecular complexity index is 738. The van der Waals surface area contributed by atoms with E-state index in [0.29, 0.717) is 25.9 Å². The Morgan fingerprint density at radius 3 is 2.12 bits per heavy atom. The highest BCUT2D eigenvalue weighted by molar-refractivity contribution is 5.32. The molecular weight excluding hydrogens is 340 g/mol. The normalized spacial score (nSPS) is 19.9. The van der Waals surface area contributed by atoms with E-state index < -0.39 is 35.1 Å². The molecule has 1 fully saturated rings. The highest BCUT2D eigenvalue weighted by Crippen LogP contribution is 2.35. The van der Waals surface area contributed by atoms with Crippen molar-refractivity contribution in [2.24, 2.45) is 0 Å². The van der Waals surface area contributed by atoms with Crippen LogP contribution in [0.25, 0.3) is 0 Å². The molecule has 3 rings (SSSR count). The van der Waals surface area contributed by atoms with Gasteiger partial charge in [0.15, 0.2) is 17.4 Å². The van der Waals surface area contributed by atoms with Crippen molar-refractivity contribution in [2.45, 2.75) is 37.5 Å². The van der Waals surface area contributed by atoms with Crippen LogP contribution in [0, 0.1) is 11.6 Å². The van der Waals surface area contributed by atoms with E-state index in [-0.39, 0.29) is 5.56 Å². The molecule has 0 aromatic heterocycles. The van der Waals surface area contributed by atoms with Gasteiger partial charge < -0.3 is 15.3 Å². The third kappa shape index (κ3) is 3.58. The number of aromatic hydroxyl groups is 1. The molecule has 3 N–H and O–H groups in total. The minimum Gasteiger partial charge on any atom is -0.503 e. The third-order valence-electron chi connectivity index (χ3n) is 5.35. The molecule has 0 spiro atoms. The largest absolute Gasteiger partial charge is 0.503 e. The zero-order valence-electron chi connectivity index (χ0n) is 14.6. The number of likely N-dealkylation sites (tertiary alicyclic amines) is 1. The number of aliphatic hydroxyl groups excluding tert-OH is 1. The molecule has 0 amide bonds. The molecule has 140 valence electrons. The van der Waals surface area contributed by atoms with Gasteiger partial charge in [-0.1, -0.05) is 30.3 Å². The van der Waals surface area contributed by atoms with Gasteiger partial charge >= 0.3 is 0 Å². The number of phenols is 1. The van der Waals surface area contributed by atoms with Gasteiger partial charge in [0.25, 0.3) is 0 Å². The van der Waals surface area contributed by atoms with Gasteiger partial charge in [0.2, 0.25) is 0 Å². The number of phenolic OH excluding ortho intramolecular Hbond substituents is 1. The van der Waals surface area contributed by atoms with Crippen molar-refractivity contribution >= 4 is 0 Å². The molecule has 1 saturated heterocycles. The van der Waals surface area contributed by atoms with Crippen LogP contribution in [0.1, 0.15) is 37.0 Å². The molecule has 0 aliphatic carbocycles. The quantitative estimate of drug-likeness (QED) is 0.781. The van der Waals surface area contributed by atoms with Crippen LogP contribution in [0.15, 0.2) is 42.5 Å². The molecule has 0 bridgehead atoms. The molecule has 2 atom stereocenters. The van der Waals surface area contributed by atoms with Crippen molar-refractivity contribution in [2.75, 3.05) is 13.1 Å². The first kappa shape index (κ1) is 18.8. The van der Waals surface area contributed by atoms with E-state index in [4.69, 9.17) is 0 Å². The summed E-state index contributed by atoms with van der Waals surface area (Å²) in [5.74, 6) is -3.23. The van der Waals surface area contributed by atoms with Gasteiger partial charge in [0, 0.05) is 19.1 Å². The summed E-state index contributed by atoms with van der Waals surface area (Å²) in [4.78, 5) is 1.99. The number of piperidine rings is 1. The average molecular weight is 363 g/mol. The van der Waals surface area contributed by atoms with Crippen molar-refractivity contribution in [3.8, 4) is 5.75 Å². The molecule has 0 radical (unpaired) electrons. The zero-order chi connectivity index (χ0) is 18.9. The van der Waals surface area contributed by atoms with Crippen LogP contribution in [0.5, 0.6) is 5.75 Å². The van der Waals surface area contributed by atoms with Crippen LogP contribution >= 0.6 is 0 Å².